The molecule has 0 bridgehead atoms. The molecule has 6 heteroatoms. The first-order valence-corrected chi connectivity index (χ1v) is 4.04. The number of pyridine rings is 1. The van der Waals surface area contributed by atoms with Gasteiger partial charge in [0.25, 0.3) is 5.56 Å². The second-order valence-electron chi connectivity index (χ2n) is 2.90. The molecule has 0 N–H and O–H groups in total. The summed E-state index contributed by atoms with van der Waals surface area (Å²) in [5, 5.41) is 0. The van der Waals surface area contributed by atoms with Gasteiger partial charge < -0.3 is 0 Å². The lowest BCUT2D eigenvalue weighted by molar-refractivity contribution is -0.136. The zero-order valence-corrected chi connectivity index (χ0v) is 7.32. The molecule has 2 heterocycles. The zero-order chi connectivity index (χ0) is 11.1. The van der Waals surface area contributed by atoms with Crippen molar-refractivity contribution in [3.8, 4) is 0 Å². The van der Waals surface area contributed by atoms with Crippen LogP contribution < -0.4 is 5.56 Å². The van der Waals surface area contributed by atoms with Crippen molar-refractivity contribution >= 4 is 5.65 Å². The SMILES string of the molecule is O=c1ccnc2c(C(F)(F)F)cccn12. The molecule has 0 radical (unpaired) electrons. The maximum absolute atomic E-state index is 12.5. The van der Waals surface area contributed by atoms with Crippen LogP contribution in [-0.2, 0) is 6.18 Å². The highest BCUT2D eigenvalue weighted by Gasteiger charge is 2.33. The molecule has 2 aromatic heterocycles. The smallest absolute Gasteiger partial charge is 0.269 e. The number of hydrogen-bond donors (Lipinski definition) is 0. The van der Waals surface area contributed by atoms with Crippen molar-refractivity contribution in [2.45, 2.75) is 6.18 Å². The van der Waals surface area contributed by atoms with Crippen molar-refractivity contribution < 1.29 is 13.2 Å². The Kier molecular flexibility index (Phi) is 1.99. The summed E-state index contributed by atoms with van der Waals surface area (Å²) in [5.41, 5.74) is -1.83. The third-order valence-electron chi connectivity index (χ3n) is 1.92. The molecule has 15 heavy (non-hydrogen) atoms. The summed E-state index contributed by atoms with van der Waals surface area (Å²) in [4.78, 5) is 14.8. The highest BCUT2D eigenvalue weighted by Crippen LogP contribution is 2.30. The van der Waals surface area contributed by atoms with Gasteiger partial charge in [0.05, 0.1) is 5.56 Å². The fourth-order valence-electron chi connectivity index (χ4n) is 1.28. The maximum atomic E-state index is 12.5. The standard InChI is InChI=1S/C9H5F3N2O/c10-9(11,12)6-2-1-5-14-7(15)3-4-13-8(6)14/h1-5H. The molecule has 2 rings (SSSR count). The van der Waals surface area contributed by atoms with Gasteiger partial charge in [-0.25, -0.2) is 4.98 Å². The highest BCUT2D eigenvalue weighted by molar-refractivity contribution is 5.48. The van der Waals surface area contributed by atoms with Crippen LogP contribution in [0, 0.1) is 0 Å². The van der Waals surface area contributed by atoms with Gasteiger partial charge in [0.1, 0.15) is 0 Å². The van der Waals surface area contributed by atoms with Gasteiger partial charge in [0.2, 0.25) is 0 Å². The van der Waals surface area contributed by atoms with Gasteiger partial charge in [-0.2, -0.15) is 13.2 Å². The quantitative estimate of drug-likeness (QED) is 0.669. The first-order chi connectivity index (χ1) is 7.00. The normalized spacial score (nSPS) is 11.9. The van der Waals surface area contributed by atoms with Crippen LogP contribution in [-0.4, -0.2) is 9.38 Å². The third-order valence-corrected chi connectivity index (χ3v) is 1.92. The van der Waals surface area contributed by atoms with Crippen molar-refractivity contribution in [2.75, 3.05) is 0 Å². The van der Waals surface area contributed by atoms with Gasteiger partial charge in [0.15, 0.2) is 5.65 Å². The minimum atomic E-state index is -4.51. The Hall–Kier alpha value is -1.85. The lowest BCUT2D eigenvalue weighted by Gasteiger charge is -2.08. The molecule has 0 saturated heterocycles. The molecule has 2 aromatic rings. The molecule has 0 saturated carbocycles. The van der Waals surface area contributed by atoms with Crippen molar-refractivity contribution in [3.05, 3.63) is 46.5 Å². The van der Waals surface area contributed by atoms with Crippen LogP contribution in [0.1, 0.15) is 5.56 Å². The number of fused-ring (bicyclic) bond motifs is 1. The Morgan fingerprint density at radius 3 is 2.67 bits per heavy atom. The minimum Gasteiger partial charge on any atom is -0.269 e. The first-order valence-electron chi connectivity index (χ1n) is 4.04. The van der Waals surface area contributed by atoms with E-state index in [2.05, 4.69) is 4.98 Å². The fraction of sp³-hybridized carbons (Fsp3) is 0.111. The van der Waals surface area contributed by atoms with Crippen molar-refractivity contribution in [2.24, 2.45) is 0 Å². The number of halogens is 3. The van der Waals surface area contributed by atoms with Crippen LogP contribution in [0.25, 0.3) is 5.65 Å². The van der Waals surface area contributed by atoms with Crippen molar-refractivity contribution in [3.63, 3.8) is 0 Å². The first kappa shape index (κ1) is 9.70. The van der Waals surface area contributed by atoms with Gasteiger partial charge in [-0.3, -0.25) is 9.20 Å². The van der Waals surface area contributed by atoms with Crippen molar-refractivity contribution in [1.29, 1.82) is 0 Å². The molecule has 78 valence electrons. The topological polar surface area (TPSA) is 34.4 Å². The predicted molar refractivity (Wildman–Crippen MR) is 46.5 cm³/mol. The van der Waals surface area contributed by atoms with Crippen LogP contribution in [0.2, 0.25) is 0 Å². The lowest BCUT2D eigenvalue weighted by Crippen LogP contribution is -2.17. The molecule has 3 nitrogen and oxygen atoms in total. The van der Waals surface area contributed by atoms with Gasteiger partial charge in [0, 0.05) is 18.5 Å². The van der Waals surface area contributed by atoms with Gasteiger partial charge >= 0.3 is 6.18 Å². The third kappa shape index (κ3) is 1.58. The molecule has 0 aliphatic rings. The Labute approximate surface area is 81.8 Å². The molecule has 0 amide bonds. The zero-order valence-electron chi connectivity index (χ0n) is 7.32. The van der Waals surface area contributed by atoms with E-state index in [9.17, 15) is 18.0 Å². The molecular formula is C9H5F3N2O. The van der Waals surface area contributed by atoms with Crippen LogP contribution in [0.15, 0.2) is 35.4 Å². The van der Waals surface area contributed by atoms with E-state index in [4.69, 9.17) is 0 Å². The van der Waals surface area contributed by atoms with E-state index < -0.39 is 17.3 Å². The lowest BCUT2D eigenvalue weighted by atomic mass is 10.2. The van der Waals surface area contributed by atoms with E-state index in [1.807, 2.05) is 0 Å². The molecule has 0 spiro atoms. The molecule has 0 aliphatic carbocycles. The van der Waals surface area contributed by atoms with E-state index >= 15 is 0 Å². The van der Waals surface area contributed by atoms with E-state index in [0.29, 0.717) is 0 Å². The van der Waals surface area contributed by atoms with Crippen LogP contribution in [0.4, 0.5) is 13.2 Å². The predicted octanol–water partition coefficient (Wildman–Crippen LogP) is 1.71. The highest BCUT2D eigenvalue weighted by atomic mass is 19.4. The summed E-state index contributed by atoms with van der Waals surface area (Å²) >= 11 is 0. The van der Waals surface area contributed by atoms with E-state index in [-0.39, 0.29) is 5.65 Å². The summed E-state index contributed by atoms with van der Waals surface area (Å²) in [5.74, 6) is 0. The Morgan fingerprint density at radius 1 is 1.27 bits per heavy atom. The fourth-order valence-corrected chi connectivity index (χ4v) is 1.28. The summed E-state index contributed by atoms with van der Waals surface area (Å²) in [7, 11) is 0. The van der Waals surface area contributed by atoms with E-state index in [1.54, 1.807) is 0 Å². The Balaban J connectivity index is 2.89. The average Bonchev–Trinajstić information content (AvgIpc) is 2.16. The van der Waals surface area contributed by atoms with Gasteiger partial charge in [-0.1, -0.05) is 0 Å². The Morgan fingerprint density at radius 2 is 2.00 bits per heavy atom. The second-order valence-corrected chi connectivity index (χ2v) is 2.90. The average molecular weight is 214 g/mol. The Bertz CT molecular complexity index is 559. The van der Waals surface area contributed by atoms with Gasteiger partial charge in [-0.05, 0) is 12.1 Å². The van der Waals surface area contributed by atoms with Crippen LogP contribution in [0.3, 0.4) is 0 Å². The molecule has 0 unspecified atom stereocenters. The number of alkyl halides is 3. The largest absolute Gasteiger partial charge is 0.419 e. The number of rotatable bonds is 0. The number of nitrogens with zero attached hydrogens (tertiary/aromatic N) is 2. The van der Waals surface area contributed by atoms with Crippen LogP contribution in [0.5, 0.6) is 0 Å². The summed E-state index contributed by atoms with van der Waals surface area (Å²) in [6.45, 7) is 0. The second kappa shape index (κ2) is 3.08. The molecule has 0 atom stereocenters. The molecule has 0 aliphatic heterocycles. The van der Waals surface area contributed by atoms with Crippen molar-refractivity contribution in [1.82, 2.24) is 9.38 Å². The molecule has 0 fully saturated rings. The molecular weight excluding hydrogens is 209 g/mol. The summed E-state index contributed by atoms with van der Waals surface area (Å²) in [6, 6.07) is 3.16. The maximum Gasteiger partial charge on any atom is 0.419 e. The number of aromatic nitrogens is 2. The summed E-state index contributed by atoms with van der Waals surface area (Å²) in [6.07, 6.45) is -2.19. The molecule has 0 aromatic carbocycles. The van der Waals surface area contributed by atoms with Crippen LogP contribution >= 0.6 is 0 Å². The van der Waals surface area contributed by atoms with Gasteiger partial charge in [-0.15, -0.1) is 0 Å². The van der Waals surface area contributed by atoms with E-state index in [1.165, 1.54) is 12.3 Å². The number of hydrogen-bond acceptors (Lipinski definition) is 2. The minimum absolute atomic E-state index is 0.377. The summed E-state index contributed by atoms with van der Waals surface area (Å²) < 4.78 is 38.3. The monoisotopic (exact) mass is 214 g/mol. The van der Waals surface area contributed by atoms with E-state index in [0.717, 1.165) is 22.7 Å².